The average Bonchev–Trinajstić information content (AvgIpc) is 3.03. The van der Waals surface area contributed by atoms with Crippen LogP contribution in [0.3, 0.4) is 0 Å². The van der Waals surface area contributed by atoms with Crippen molar-refractivity contribution >= 4 is 58.7 Å². The Morgan fingerprint density at radius 3 is 2.62 bits per heavy atom. The highest BCUT2D eigenvalue weighted by molar-refractivity contribution is 8.13. The highest BCUT2D eigenvalue weighted by atomic mass is 35.5. The second-order valence-electron chi connectivity index (χ2n) is 10.0. The highest BCUT2D eigenvalue weighted by Gasteiger charge is 2.58. The number of anilines is 1. The number of thioether (sulfide) groups is 1. The number of aliphatic hydroxyl groups is 1. The van der Waals surface area contributed by atoms with E-state index in [9.17, 15) is 19.5 Å². The molecule has 1 aliphatic heterocycles. The molecule has 0 saturated carbocycles. The number of hydrogen-bond donors (Lipinski definition) is 3. The smallest absolute Gasteiger partial charge is 0.351 e. The van der Waals surface area contributed by atoms with Crippen LogP contribution in [0.2, 0.25) is 0 Å². The van der Waals surface area contributed by atoms with Gasteiger partial charge in [-0.25, -0.2) is 14.3 Å². The molecule has 0 bridgehead atoms. The summed E-state index contributed by atoms with van der Waals surface area (Å²) in [5.74, 6) is -0.457. The van der Waals surface area contributed by atoms with Crippen LogP contribution in [-0.4, -0.2) is 74.2 Å². The second kappa shape index (κ2) is 13.7. The summed E-state index contributed by atoms with van der Waals surface area (Å²) in [6.07, 6.45) is -4.33. The third kappa shape index (κ3) is 9.44. The second-order valence-corrected chi connectivity index (χ2v) is 14.9. The summed E-state index contributed by atoms with van der Waals surface area (Å²) < 4.78 is 38.3. The van der Waals surface area contributed by atoms with Gasteiger partial charge in [-0.05, 0) is 38.6 Å². The van der Waals surface area contributed by atoms with Crippen molar-refractivity contribution in [3.05, 3.63) is 22.7 Å². The number of nitrogens with zero attached hydrogens (tertiary/aromatic N) is 2. The molecule has 1 fully saturated rings. The van der Waals surface area contributed by atoms with Gasteiger partial charge in [0.15, 0.2) is 11.3 Å². The van der Waals surface area contributed by atoms with Crippen LogP contribution in [0, 0.1) is 5.41 Å². The van der Waals surface area contributed by atoms with Crippen molar-refractivity contribution in [3.63, 3.8) is 0 Å². The molecule has 222 valence electrons. The van der Waals surface area contributed by atoms with Crippen molar-refractivity contribution < 1.29 is 37.6 Å². The first-order valence-electron chi connectivity index (χ1n) is 12.0. The van der Waals surface area contributed by atoms with Crippen molar-refractivity contribution in [2.45, 2.75) is 77.3 Å². The Bertz CT molecular complexity index is 1140. The van der Waals surface area contributed by atoms with Crippen molar-refractivity contribution in [2.24, 2.45) is 5.41 Å². The lowest BCUT2D eigenvalue weighted by Gasteiger charge is -2.28. The van der Waals surface area contributed by atoms with Crippen molar-refractivity contribution in [1.82, 2.24) is 14.6 Å². The molecule has 0 spiro atoms. The van der Waals surface area contributed by atoms with Crippen LogP contribution in [0.15, 0.2) is 17.1 Å². The predicted molar refractivity (Wildman–Crippen MR) is 149 cm³/mol. The molecule has 0 amide bonds. The Morgan fingerprint density at radius 2 is 2.05 bits per heavy atom. The number of aromatic nitrogens is 2. The van der Waals surface area contributed by atoms with Gasteiger partial charge in [0.25, 0.3) is 11.8 Å². The largest absolute Gasteiger partial charge is 0.462 e. The Balaban J connectivity index is 2.16. The normalized spacial score (nSPS) is 25.8. The Morgan fingerprint density at radius 1 is 1.41 bits per heavy atom. The molecule has 17 heteroatoms. The number of aliphatic hydroxyl groups excluding tert-OH is 1. The number of carbonyl (C=O) groups excluding carboxylic acids is 2. The standard InChI is InChI=1S/C22H35ClFN4O8PS2/c1-12(2)35-17(30)13(3)27-37(38,33-9-10-39-19(31)21(4,5)6)34-11-14-16(29)22(23,24)18(36-14)28-8-7-15(25)26-20(28)32/h7-8,12-14,16,18,29H,9-11H2,1-6H3,(H,27,38)(H2,25,26,32)/t13-,14+,16+,18+,22+,37-/m0/s1. The number of nitrogens with one attached hydrogen (secondary N) is 1. The Hall–Kier alpha value is -1.16. The lowest BCUT2D eigenvalue weighted by atomic mass is 10.00. The molecule has 0 unspecified atom stereocenters. The number of rotatable bonds is 12. The zero-order valence-corrected chi connectivity index (χ0v) is 25.7. The molecule has 4 N–H and O–H groups in total. The molecule has 1 aromatic rings. The van der Waals surface area contributed by atoms with Crippen LogP contribution < -0.4 is 16.5 Å². The van der Waals surface area contributed by atoms with Crippen LogP contribution in [0.5, 0.6) is 0 Å². The highest BCUT2D eigenvalue weighted by Crippen LogP contribution is 2.48. The fourth-order valence-electron chi connectivity index (χ4n) is 3.13. The lowest BCUT2D eigenvalue weighted by molar-refractivity contribution is -0.149. The van der Waals surface area contributed by atoms with Gasteiger partial charge in [-0.2, -0.15) is 4.98 Å². The third-order valence-corrected chi connectivity index (χ3v) is 9.46. The van der Waals surface area contributed by atoms with Crippen LogP contribution >= 0.6 is 30.0 Å². The molecule has 1 aromatic heterocycles. The van der Waals surface area contributed by atoms with Crippen LogP contribution in [0.1, 0.15) is 47.8 Å². The number of alkyl halides is 2. The monoisotopic (exact) mass is 632 g/mol. The van der Waals surface area contributed by atoms with Gasteiger partial charge in [0, 0.05) is 17.4 Å². The van der Waals surface area contributed by atoms with E-state index in [0.717, 1.165) is 22.5 Å². The van der Waals surface area contributed by atoms with Crippen LogP contribution in [-0.2, 0) is 39.9 Å². The molecule has 1 saturated heterocycles. The first-order valence-corrected chi connectivity index (χ1v) is 16.0. The predicted octanol–water partition coefficient (Wildman–Crippen LogP) is 2.48. The summed E-state index contributed by atoms with van der Waals surface area (Å²) in [7, 11) is 0. The van der Waals surface area contributed by atoms with Gasteiger partial charge in [-0.15, -0.1) is 0 Å². The summed E-state index contributed by atoms with van der Waals surface area (Å²) in [5, 5.41) is 10.4. The van der Waals surface area contributed by atoms with Gasteiger partial charge in [-0.1, -0.05) is 44.1 Å². The van der Waals surface area contributed by atoms with Gasteiger partial charge >= 0.3 is 11.7 Å². The molecule has 2 heterocycles. The quantitative estimate of drug-likeness (QED) is 0.133. The average molecular weight is 633 g/mol. The van der Waals surface area contributed by atoms with Gasteiger partial charge in [0.05, 0.1) is 19.3 Å². The maximum absolute atomic E-state index is 15.3. The summed E-state index contributed by atoms with van der Waals surface area (Å²) in [6, 6.07) is 0.294. The molecule has 1 aliphatic rings. The van der Waals surface area contributed by atoms with E-state index in [4.69, 9.17) is 47.7 Å². The summed E-state index contributed by atoms with van der Waals surface area (Å²) in [6.45, 7) is 6.20. The maximum Gasteiger partial charge on any atom is 0.351 e. The first-order chi connectivity index (χ1) is 17.9. The SMILES string of the molecule is CC(C)OC(=O)[C@H](C)N[P@](=S)(OCCSC(=O)C(C)(C)C)OC[C@H]1O[C@@H](n2ccc(N)nc2=O)[C@@](F)(Cl)[C@@H]1O. The van der Waals surface area contributed by atoms with E-state index in [1.165, 1.54) is 13.0 Å². The molecule has 6 atom stereocenters. The Kier molecular flexibility index (Phi) is 11.9. The number of ether oxygens (including phenoxy) is 2. The summed E-state index contributed by atoms with van der Waals surface area (Å²) >= 11 is 12.6. The minimum Gasteiger partial charge on any atom is -0.462 e. The molecular formula is C22H35ClFN4O8PS2. The van der Waals surface area contributed by atoms with E-state index >= 15 is 4.39 Å². The van der Waals surface area contributed by atoms with Crippen molar-refractivity contribution in [3.8, 4) is 0 Å². The molecule has 0 radical (unpaired) electrons. The minimum absolute atomic E-state index is 0.0194. The van der Waals surface area contributed by atoms with Crippen molar-refractivity contribution in [1.29, 1.82) is 0 Å². The van der Waals surface area contributed by atoms with E-state index in [1.807, 2.05) is 0 Å². The van der Waals surface area contributed by atoms with Crippen molar-refractivity contribution in [2.75, 3.05) is 24.7 Å². The van der Waals surface area contributed by atoms with E-state index < -0.39 is 59.9 Å². The lowest BCUT2D eigenvalue weighted by Crippen LogP contribution is -2.41. The fraction of sp³-hybridized carbons (Fsp3) is 0.727. The maximum atomic E-state index is 15.3. The number of esters is 1. The topological polar surface area (TPSA) is 164 Å². The fourth-order valence-corrected chi connectivity index (χ4v) is 6.69. The molecule has 0 aromatic carbocycles. The van der Waals surface area contributed by atoms with Crippen LogP contribution in [0.25, 0.3) is 0 Å². The zero-order chi connectivity index (χ0) is 29.8. The Labute approximate surface area is 240 Å². The number of nitrogens with two attached hydrogens (primary N) is 1. The van der Waals surface area contributed by atoms with E-state index in [1.54, 1.807) is 34.6 Å². The van der Waals surface area contributed by atoms with Gasteiger partial charge in [0.1, 0.15) is 24.1 Å². The van der Waals surface area contributed by atoms with Gasteiger partial charge in [0.2, 0.25) is 0 Å². The minimum atomic E-state index is -3.50. The molecule has 12 nitrogen and oxygen atoms in total. The van der Waals surface area contributed by atoms with E-state index in [0.29, 0.717) is 0 Å². The number of nitrogen functional groups attached to an aromatic ring is 1. The third-order valence-electron chi connectivity index (χ3n) is 5.14. The van der Waals surface area contributed by atoms with Gasteiger partial charge in [-0.3, -0.25) is 14.2 Å². The molecule has 0 aliphatic carbocycles. The summed E-state index contributed by atoms with van der Waals surface area (Å²) in [5.41, 5.74) is 3.99. The molecular weight excluding hydrogens is 598 g/mol. The van der Waals surface area contributed by atoms with Gasteiger partial charge < -0.3 is 29.4 Å². The first kappa shape index (κ1) is 34.0. The molecule has 39 heavy (non-hydrogen) atoms. The number of carbonyl (C=O) groups is 2. The van der Waals surface area contributed by atoms with Crippen LogP contribution in [0.4, 0.5) is 10.2 Å². The van der Waals surface area contributed by atoms with E-state index in [-0.39, 0.29) is 29.4 Å². The zero-order valence-electron chi connectivity index (χ0n) is 22.5. The summed E-state index contributed by atoms with van der Waals surface area (Å²) in [4.78, 5) is 40.3. The number of hydrogen-bond acceptors (Lipinski definition) is 12. The number of halogens is 2. The molecule has 2 rings (SSSR count). The van der Waals surface area contributed by atoms with E-state index in [2.05, 4.69) is 10.1 Å².